The van der Waals surface area contributed by atoms with Crippen molar-refractivity contribution < 1.29 is 18.7 Å². The van der Waals surface area contributed by atoms with E-state index in [9.17, 15) is 4.79 Å². The maximum atomic E-state index is 12.5. The van der Waals surface area contributed by atoms with Crippen LogP contribution in [0.5, 0.6) is 11.5 Å². The number of amides is 1. The van der Waals surface area contributed by atoms with Crippen LogP contribution in [0.3, 0.4) is 0 Å². The molecule has 0 saturated heterocycles. The molecule has 33 heavy (non-hydrogen) atoms. The lowest BCUT2D eigenvalue weighted by Gasteiger charge is -2.11. The summed E-state index contributed by atoms with van der Waals surface area (Å²) in [6.07, 6.45) is 0.199. The minimum absolute atomic E-state index is 0.0442. The van der Waals surface area contributed by atoms with Crippen molar-refractivity contribution in [2.45, 2.75) is 20.3 Å². The van der Waals surface area contributed by atoms with Crippen LogP contribution in [0.2, 0.25) is 0 Å². The third-order valence-corrected chi connectivity index (χ3v) is 4.89. The first-order valence-electron chi connectivity index (χ1n) is 10.8. The number of carbonyl (C=O) groups is 1. The van der Waals surface area contributed by atoms with Gasteiger partial charge in [0, 0.05) is 5.56 Å². The quantitative estimate of drug-likeness (QED) is 0.374. The summed E-state index contributed by atoms with van der Waals surface area (Å²) in [5.41, 5.74) is 3.79. The SMILES string of the molecule is CCOc1ccc(-c2nnc(NC(=O)Cc3ccc(-c4ccccc4)cc3)o2)cc1OCC. The number of hydrogen-bond acceptors (Lipinski definition) is 6. The van der Waals surface area contributed by atoms with Crippen molar-refractivity contribution in [2.75, 3.05) is 18.5 Å². The molecule has 1 aromatic heterocycles. The topological polar surface area (TPSA) is 86.5 Å². The van der Waals surface area contributed by atoms with Gasteiger partial charge >= 0.3 is 6.01 Å². The number of ether oxygens (including phenoxy) is 2. The molecule has 0 aliphatic heterocycles. The molecule has 0 atom stereocenters. The monoisotopic (exact) mass is 443 g/mol. The van der Waals surface area contributed by atoms with Crippen molar-refractivity contribution in [1.29, 1.82) is 0 Å². The molecule has 3 aromatic carbocycles. The van der Waals surface area contributed by atoms with Gasteiger partial charge in [0.15, 0.2) is 11.5 Å². The van der Waals surface area contributed by atoms with Crippen molar-refractivity contribution in [1.82, 2.24) is 10.2 Å². The normalized spacial score (nSPS) is 10.6. The predicted molar refractivity (Wildman–Crippen MR) is 126 cm³/mol. The Bertz CT molecular complexity index is 1200. The van der Waals surface area contributed by atoms with Crippen LogP contribution in [0.1, 0.15) is 19.4 Å². The van der Waals surface area contributed by atoms with Crippen LogP contribution in [0, 0.1) is 0 Å². The van der Waals surface area contributed by atoms with E-state index in [0.29, 0.717) is 30.3 Å². The number of nitrogens with zero attached hydrogens (tertiary/aromatic N) is 2. The van der Waals surface area contributed by atoms with Crippen LogP contribution in [0.15, 0.2) is 77.2 Å². The molecular formula is C26H25N3O4. The minimum Gasteiger partial charge on any atom is -0.490 e. The van der Waals surface area contributed by atoms with E-state index < -0.39 is 0 Å². The van der Waals surface area contributed by atoms with Gasteiger partial charge in [0.1, 0.15) is 0 Å². The number of nitrogens with one attached hydrogen (secondary N) is 1. The fraction of sp³-hybridized carbons (Fsp3) is 0.192. The molecule has 1 heterocycles. The zero-order chi connectivity index (χ0) is 23.0. The fourth-order valence-electron chi connectivity index (χ4n) is 3.37. The molecule has 0 fully saturated rings. The number of carbonyl (C=O) groups excluding carboxylic acids is 1. The van der Waals surface area contributed by atoms with Crippen LogP contribution >= 0.6 is 0 Å². The van der Waals surface area contributed by atoms with Gasteiger partial charge in [-0.3, -0.25) is 10.1 Å². The van der Waals surface area contributed by atoms with Gasteiger partial charge in [-0.1, -0.05) is 59.7 Å². The van der Waals surface area contributed by atoms with Gasteiger partial charge in [-0.2, -0.15) is 0 Å². The van der Waals surface area contributed by atoms with E-state index in [4.69, 9.17) is 13.9 Å². The van der Waals surface area contributed by atoms with Crippen molar-refractivity contribution in [3.05, 3.63) is 78.4 Å². The van der Waals surface area contributed by atoms with Crippen molar-refractivity contribution in [2.24, 2.45) is 0 Å². The molecule has 1 N–H and O–H groups in total. The lowest BCUT2D eigenvalue weighted by Crippen LogP contribution is -2.14. The Kier molecular flexibility index (Phi) is 6.99. The van der Waals surface area contributed by atoms with Gasteiger partial charge in [-0.25, -0.2) is 0 Å². The van der Waals surface area contributed by atoms with Gasteiger partial charge in [0.25, 0.3) is 0 Å². The summed E-state index contributed by atoms with van der Waals surface area (Å²) in [5.74, 6) is 1.29. The number of hydrogen-bond donors (Lipinski definition) is 1. The maximum absolute atomic E-state index is 12.5. The van der Waals surface area contributed by atoms with E-state index in [-0.39, 0.29) is 24.2 Å². The van der Waals surface area contributed by atoms with E-state index in [1.165, 1.54) is 0 Å². The summed E-state index contributed by atoms with van der Waals surface area (Å²) in [7, 11) is 0. The predicted octanol–water partition coefficient (Wildman–Crippen LogP) is 5.38. The van der Waals surface area contributed by atoms with Gasteiger partial charge in [-0.15, -0.1) is 5.10 Å². The zero-order valence-electron chi connectivity index (χ0n) is 18.6. The summed E-state index contributed by atoms with van der Waals surface area (Å²) >= 11 is 0. The highest BCUT2D eigenvalue weighted by atomic mass is 16.5. The first-order chi connectivity index (χ1) is 16.2. The first kappa shape index (κ1) is 22.1. The van der Waals surface area contributed by atoms with Crippen molar-refractivity contribution in [3.8, 4) is 34.1 Å². The summed E-state index contributed by atoms with van der Waals surface area (Å²) in [6.45, 7) is 4.85. The smallest absolute Gasteiger partial charge is 0.322 e. The van der Waals surface area contributed by atoms with Crippen LogP contribution in [-0.4, -0.2) is 29.3 Å². The highest BCUT2D eigenvalue weighted by Crippen LogP contribution is 2.32. The Morgan fingerprint density at radius 3 is 2.21 bits per heavy atom. The Morgan fingerprint density at radius 2 is 1.48 bits per heavy atom. The minimum atomic E-state index is -0.237. The molecule has 4 aromatic rings. The zero-order valence-corrected chi connectivity index (χ0v) is 18.6. The van der Waals surface area contributed by atoms with Gasteiger partial charge in [0.05, 0.1) is 19.6 Å². The number of aromatic nitrogens is 2. The molecule has 0 unspecified atom stereocenters. The second kappa shape index (κ2) is 10.5. The summed E-state index contributed by atoms with van der Waals surface area (Å²) in [4.78, 5) is 12.5. The molecule has 1 amide bonds. The molecule has 0 spiro atoms. The number of benzene rings is 3. The molecular weight excluding hydrogens is 418 g/mol. The second-order valence-corrected chi connectivity index (χ2v) is 7.23. The molecule has 0 aliphatic carbocycles. The molecule has 7 heteroatoms. The van der Waals surface area contributed by atoms with Gasteiger partial charge < -0.3 is 13.9 Å². The maximum Gasteiger partial charge on any atom is 0.322 e. The number of rotatable bonds is 9. The largest absolute Gasteiger partial charge is 0.490 e. The Hall–Kier alpha value is -4.13. The van der Waals surface area contributed by atoms with Crippen LogP contribution in [-0.2, 0) is 11.2 Å². The Labute approximate surface area is 192 Å². The average Bonchev–Trinajstić information content (AvgIpc) is 3.30. The standard InChI is InChI=1S/C26H25N3O4/c1-3-31-22-15-14-21(17-23(22)32-4-2)25-28-29-26(33-25)27-24(30)16-18-10-12-20(13-11-18)19-8-6-5-7-9-19/h5-15,17H,3-4,16H2,1-2H3,(H,27,29,30). The van der Waals surface area contributed by atoms with Crippen molar-refractivity contribution in [3.63, 3.8) is 0 Å². The fourth-order valence-corrected chi connectivity index (χ4v) is 3.37. The van der Waals surface area contributed by atoms with E-state index in [2.05, 4.69) is 27.6 Å². The van der Waals surface area contributed by atoms with E-state index in [0.717, 1.165) is 16.7 Å². The molecule has 0 aliphatic rings. The lowest BCUT2D eigenvalue weighted by atomic mass is 10.0. The number of anilines is 1. The average molecular weight is 444 g/mol. The summed E-state index contributed by atoms with van der Waals surface area (Å²) in [5, 5.41) is 10.6. The molecule has 4 rings (SSSR count). The molecule has 7 nitrogen and oxygen atoms in total. The van der Waals surface area contributed by atoms with E-state index in [1.54, 1.807) is 18.2 Å². The highest BCUT2D eigenvalue weighted by molar-refractivity contribution is 5.90. The third kappa shape index (κ3) is 5.57. The Morgan fingerprint density at radius 1 is 0.818 bits per heavy atom. The molecule has 168 valence electrons. The molecule has 0 bridgehead atoms. The highest BCUT2D eigenvalue weighted by Gasteiger charge is 2.15. The van der Waals surface area contributed by atoms with Crippen molar-refractivity contribution >= 4 is 11.9 Å². The summed E-state index contributed by atoms with van der Waals surface area (Å²) < 4.78 is 16.9. The Balaban J connectivity index is 1.40. The summed E-state index contributed by atoms with van der Waals surface area (Å²) in [6, 6.07) is 23.4. The van der Waals surface area contributed by atoms with Gasteiger partial charge in [-0.05, 0) is 48.7 Å². The van der Waals surface area contributed by atoms with Crippen LogP contribution in [0.4, 0.5) is 6.01 Å². The van der Waals surface area contributed by atoms with E-state index in [1.807, 2.05) is 56.3 Å². The lowest BCUT2D eigenvalue weighted by molar-refractivity contribution is -0.115. The molecule has 0 saturated carbocycles. The van der Waals surface area contributed by atoms with Gasteiger partial charge in [0.2, 0.25) is 11.8 Å². The van der Waals surface area contributed by atoms with Crippen LogP contribution < -0.4 is 14.8 Å². The third-order valence-electron chi connectivity index (χ3n) is 4.89. The molecule has 0 radical (unpaired) electrons. The second-order valence-electron chi connectivity index (χ2n) is 7.23. The first-order valence-corrected chi connectivity index (χ1v) is 10.8. The van der Waals surface area contributed by atoms with E-state index >= 15 is 0 Å². The van der Waals surface area contributed by atoms with Crippen LogP contribution in [0.25, 0.3) is 22.6 Å².